The number of fused-ring (bicyclic) bond motifs is 3. The van der Waals surface area contributed by atoms with Crippen molar-refractivity contribution in [2.24, 2.45) is 5.41 Å². The van der Waals surface area contributed by atoms with Crippen LogP contribution in [0.15, 0.2) is 18.2 Å². The fourth-order valence-corrected chi connectivity index (χ4v) is 3.96. The van der Waals surface area contributed by atoms with E-state index in [9.17, 15) is 4.79 Å². The fraction of sp³-hybridized carbons (Fsp3) is 0.562. The Kier molecular flexibility index (Phi) is 2.08. The molecule has 2 aliphatic carbocycles. The predicted molar refractivity (Wildman–Crippen MR) is 69.4 cm³/mol. The minimum atomic E-state index is 0.185. The zero-order chi connectivity index (χ0) is 12.3. The monoisotopic (exact) mass is 228 g/mol. The SMILES string of the molecule is Cc1ccc2c(c1)[C@@]1(C)CCC[C@]1(C)CC2=O. The molecule has 0 amide bonds. The molecular weight excluding hydrogens is 208 g/mol. The van der Waals surface area contributed by atoms with Gasteiger partial charge in [0.05, 0.1) is 0 Å². The fourth-order valence-electron chi connectivity index (χ4n) is 3.96. The van der Waals surface area contributed by atoms with Gasteiger partial charge in [0.25, 0.3) is 0 Å². The van der Waals surface area contributed by atoms with Crippen LogP contribution in [0.1, 0.15) is 61.0 Å². The molecule has 2 atom stereocenters. The van der Waals surface area contributed by atoms with Gasteiger partial charge in [0.2, 0.25) is 0 Å². The highest BCUT2D eigenvalue weighted by atomic mass is 16.1. The highest BCUT2D eigenvalue weighted by molar-refractivity contribution is 6.00. The quantitative estimate of drug-likeness (QED) is 0.655. The van der Waals surface area contributed by atoms with E-state index in [0.29, 0.717) is 5.78 Å². The Morgan fingerprint density at radius 2 is 1.94 bits per heavy atom. The van der Waals surface area contributed by atoms with Gasteiger partial charge in [0, 0.05) is 12.0 Å². The van der Waals surface area contributed by atoms with Crippen molar-refractivity contribution in [3.8, 4) is 0 Å². The zero-order valence-corrected chi connectivity index (χ0v) is 11.0. The molecule has 1 fully saturated rings. The number of aryl methyl sites for hydroxylation is 1. The van der Waals surface area contributed by atoms with Crippen molar-refractivity contribution in [3.63, 3.8) is 0 Å². The summed E-state index contributed by atoms with van der Waals surface area (Å²) in [5, 5.41) is 0. The van der Waals surface area contributed by atoms with Gasteiger partial charge in [-0.1, -0.05) is 44.0 Å². The first-order valence-electron chi connectivity index (χ1n) is 6.61. The number of benzene rings is 1. The molecule has 3 rings (SSSR count). The Labute approximate surface area is 103 Å². The molecule has 1 aromatic rings. The van der Waals surface area contributed by atoms with Crippen molar-refractivity contribution in [3.05, 3.63) is 34.9 Å². The van der Waals surface area contributed by atoms with Crippen LogP contribution < -0.4 is 0 Å². The number of hydrogen-bond acceptors (Lipinski definition) is 1. The summed E-state index contributed by atoms with van der Waals surface area (Å²) in [5.74, 6) is 0.349. The van der Waals surface area contributed by atoms with Crippen LogP contribution in [0.25, 0.3) is 0 Å². The van der Waals surface area contributed by atoms with Crippen LogP contribution in [0.4, 0.5) is 0 Å². The van der Waals surface area contributed by atoms with Crippen LogP contribution in [0.5, 0.6) is 0 Å². The van der Waals surface area contributed by atoms with Crippen molar-refractivity contribution in [2.45, 2.75) is 51.9 Å². The van der Waals surface area contributed by atoms with E-state index in [1.165, 1.54) is 30.4 Å². The van der Waals surface area contributed by atoms with Gasteiger partial charge in [-0.05, 0) is 36.2 Å². The molecule has 2 aliphatic rings. The third-order valence-corrected chi connectivity index (χ3v) is 5.36. The maximum atomic E-state index is 12.3. The maximum absolute atomic E-state index is 12.3. The maximum Gasteiger partial charge on any atom is 0.163 e. The van der Waals surface area contributed by atoms with Crippen LogP contribution in [0.2, 0.25) is 0 Å². The van der Waals surface area contributed by atoms with Crippen LogP contribution in [-0.2, 0) is 5.41 Å². The normalized spacial score (nSPS) is 35.6. The lowest BCUT2D eigenvalue weighted by atomic mass is 9.57. The second kappa shape index (κ2) is 3.22. The van der Waals surface area contributed by atoms with E-state index in [-0.39, 0.29) is 10.8 Å². The van der Waals surface area contributed by atoms with Gasteiger partial charge in [-0.15, -0.1) is 0 Å². The molecule has 0 N–H and O–H groups in total. The summed E-state index contributed by atoms with van der Waals surface area (Å²) in [6, 6.07) is 6.35. The molecule has 0 aliphatic heterocycles. The predicted octanol–water partition coefficient (Wildman–Crippen LogP) is 4.03. The van der Waals surface area contributed by atoms with E-state index in [1.807, 2.05) is 6.07 Å². The van der Waals surface area contributed by atoms with Crippen LogP contribution >= 0.6 is 0 Å². The molecule has 17 heavy (non-hydrogen) atoms. The van der Waals surface area contributed by atoms with E-state index >= 15 is 0 Å². The Morgan fingerprint density at radius 3 is 2.71 bits per heavy atom. The van der Waals surface area contributed by atoms with E-state index < -0.39 is 0 Å². The van der Waals surface area contributed by atoms with E-state index in [2.05, 4.69) is 32.9 Å². The summed E-state index contributed by atoms with van der Waals surface area (Å²) in [5.41, 5.74) is 3.97. The molecule has 1 saturated carbocycles. The topological polar surface area (TPSA) is 17.1 Å². The van der Waals surface area contributed by atoms with E-state index in [1.54, 1.807) is 0 Å². The summed E-state index contributed by atoms with van der Waals surface area (Å²) < 4.78 is 0. The summed E-state index contributed by atoms with van der Waals surface area (Å²) in [4.78, 5) is 12.3. The van der Waals surface area contributed by atoms with Crippen molar-refractivity contribution in [2.75, 3.05) is 0 Å². The standard InChI is InChI=1S/C16H20O/c1-11-5-6-12-13(9-11)16(3)8-4-7-15(16,2)10-14(12)17/h5-6,9H,4,7-8,10H2,1-3H3/t15-,16-/m1/s1. The minimum absolute atomic E-state index is 0.185. The number of carbonyl (C=O) groups excluding carboxylic acids is 1. The van der Waals surface area contributed by atoms with Gasteiger partial charge < -0.3 is 0 Å². The van der Waals surface area contributed by atoms with Gasteiger partial charge in [0.1, 0.15) is 0 Å². The molecule has 1 aromatic carbocycles. The molecule has 0 heterocycles. The van der Waals surface area contributed by atoms with Gasteiger partial charge in [-0.3, -0.25) is 4.79 Å². The lowest BCUT2D eigenvalue weighted by Crippen LogP contribution is -2.43. The number of ketones is 1. The van der Waals surface area contributed by atoms with Gasteiger partial charge in [-0.2, -0.15) is 0 Å². The van der Waals surface area contributed by atoms with Gasteiger partial charge in [-0.25, -0.2) is 0 Å². The highest BCUT2D eigenvalue weighted by Gasteiger charge is 2.54. The Morgan fingerprint density at radius 1 is 1.18 bits per heavy atom. The average molecular weight is 228 g/mol. The van der Waals surface area contributed by atoms with Crippen LogP contribution in [0, 0.1) is 12.3 Å². The number of hydrogen-bond donors (Lipinski definition) is 0. The van der Waals surface area contributed by atoms with Crippen LogP contribution in [0.3, 0.4) is 0 Å². The van der Waals surface area contributed by atoms with E-state index in [4.69, 9.17) is 0 Å². The summed E-state index contributed by atoms with van der Waals surface area (Å²) in [6.07, 6.45) is 4.42. The van der Waals surface area contributed by atoms with Crippen molar-refractivity contribution < 1.29 is 4.79 Å². The summed E-state index contributed by atoms with van der Waals surface area (Å²) >= 11 is 0. The number of rotatable bonds is 0. The molecule has 0 unspecified atom stereocenters. The van der Waals surface area contributed by atoms with Crippen molar-refractivity contribution in [1.82, 2.24) is 0 Å². The third-order valence-electron chi connectivity index (χ3n) is 5.36. The van der Waals surface area contributed by atoms with E-state index in [0.717, 1.165) is 12.0 Å². The second-order valence-corrected chi connectivity index (χ2v) is 6.40. The first-order valence-corrected chi connectivity index (χ1v) is 6.61. The van der Waals surface area contributed by atoms with Gasteiger partial charge in [0.15, 0.2) is 5.78 Å². The van der Waals surface area contributed by atoms with Gasteiger partial charge >= 0.3 is 0 Å². The number of Topliss-reactive ketones (excluding diaryl/α,β-unsaturated/α-hetero) is 1. The molecule has 0 bridgehead atoms. The zero-order valence-electron chi connectivity index (χ0n) is 11.0. The second-order valence-electron chi connectivity index (χ2n) is 6.40. The molecule has 1 heteroatoms. The summed E-state index contributed by atoms with van der Waals surface area (Å²) in [7, 11) is 0. The average Bonchev–Trinajstić information content (AvgIpc) is 2.55. The Bertz CT molecular complexity index is 502. The lowest BCUT2D eigenvalue weighted by Gasteiger charge is -2.46. The Balaban J connectivity index is 2.28. The molecule has 1 nitrogen and oxygen atoms in total. The first-order chi connectivity index (χ1) is 7.96. The molecule has 0 radical (unpaired) electrons. The summed E-state index contributed by atoms with van der Waals surface area (Å²) in [6.45, 7) is 6.79. The first kappa shape index (κ1) is 11.0. The molecule has 0 spiro atoms. The highest BCUT2D eigenvalue weighted by Crippen LogP contribution is 2.59. The lowest BCUT2D eigenvalue weighted by molar-refractivity contribution is 0.0810. The molecular formula is C16H20O. The Hall–Kier alpha value is -1.11. The third kappa shape index (κ3) is 1.28. The van der Waals surface area contributed by atoms with Crippen molar-refractivity contribution in [1.29, 1.82) is 0 Å². The van der Waals surface area contributed by atoms with Crippen molar-refractivity contribution >= 4 is 5.78 Å². The largest absolute Gasteiger partial charge is 0.294 e. The van der Waals surface area contributed by atoms with Crippen LogP contribution in [-0.4, -0.2) is 5.78 Å². The molecule has 0 saturated heterocycles. The minimum Gasteiger partial charge on any atom is -0.294 e. The molecule has 90 valence electrons. The molecule has 0 aromatic heterocycles. The smallest absolute Gasteiger partial charge is 0.163 e. The number of carbonyl (C=O) groups is 1.